The van der Waals surface area contributed by atoms with Gasteiger partial charge in [-0.2, -0.15) is 0 Å². The van der Waals surface area contributed by atoms with E-state index >= 15 is 0 Å². The van der Waals surface area contributed by atoms with Gasteiger partial charge >= 0.3 is 12.0 Å². The Morgan fingerprint density at radius 2 is 1.83 bits per heavy atom. The number of carbonyl (C=O) groups excluding carboxylic acids is 3. The topological polar surface area (TPSA) is 84.5 Å². The fourth-order valence-corrected chi connectivity index (χ4v) is 2.54. The summed E-state index contributed by atoms with van der Waals surface area (Å²) in [4.78, 5) is 36.3. The Kier molecular flexibility index (Phi) is 7.28. The van der Waals surface area contributed by atoms with Gasteiger partial charge in [0.15, 0.2) is 6.10 Å². The van der Waals surface area contributed by atoms with E-state index < -0.39 is 29.6 Å². The summed E-state index contributed by atoms with van der Waals surface area (Å²) in [6.45, 7) is 8.77. The van der Waals surface area contributed by atoms with Crippen LogP contribution in [0.4, 0.5) is 4.79 Å². The molecule has 6 nitrogen and oxygen atoms in total. The van der Waals surface area contributed by atoms with Crippen molar-refractivity contribution in [3.8, 4) is 0 Å². The molecule has 0 saturated heterocycles. The maximum Gasteiger partial charge on any atom is 0.321 e. The summed E-state index contributed by atoms with van der Waals surface area (Å²) in [7, 11) is 0. The van der Waals surface area contributed by atoms with Gasteiger partial charge in [0.2, 0.25) is 0 Å². The van der Waals surface area contributed by atoms with Gasteiger partial charge in [-0.3, -0.25) is 14.9 Å². The minimum Gasteiger partial charge on any atom is -0.452 e. The molecular weight excluding hydrogens is 328 g/mol. The lowest BCUT2D eigenvalue weighted by molar-refractivity contribution is -0.151. The molecule has 1 rings (SSSR count). The number of nitrogens with one attached hydrogen (secondary N) is 2. The molecule has 0 unspecified atom stereocenters. The molecule has 2 N–H and O–H groups in total. The first kappa shape index (κ1) is 20.0. The van der Waals surface area contributed by atoms with E-state index in [9.17, 15) is 14.4 Å². The number of hydrogen-bond donors (Lipinski definition) is 2. The average molecular weight is 352 g/mol. The Balaban J connectivity index is 2.42. The highest BCUT2D eigenvalue weighted by molar-refractivity contribution is 8.00. The summed E-state index contributed by atoms with van der Waals surface area (Å²) in [6, 6.07) is 7.07. The van der Waals surface area contributed by atoms with Gasteiger partial charge in [0.1, 0.15) is 0 Å². The SMILES string of the molecule is Cc1ccccc1SCC(=O)O[C@@H](C)C(=O)NC(=O)NC(C)(C)C. The van der Waals surface area contributed by atoms with E-state index in [4.69, 9.17) is 4.74 Å². The van der Waals surface area contributed by atoms with Crippen LogP contribution in [0.3, 0.4) is 0 Å². The van der Waals surface area contributed by atoms with Crippen LogP contribution >= 0.6 is 11.8 Å². The van der Waals surface area contributed by atoms with Gasteiger partial charge < -0.3 is 10.1 Å². The molecule has 24 heavy (non-hydrogen) atoms. The zero-order valence-corrected chi connectivity index (χ0v) is 15.5. The molecule has 7 heteroatoms. The highest BCUT2D eigenvalue weighted by Gasteiger charge is 2.22. The normalized spacial score (nSPS) is 12.2. The Bertz CT molecular complexity index is 611. The smallest absolute Gasteiger partial charge is 0.321 e. The third-order valence-electron chi connectivity index (χ3n) is 2.84. The predicted molar refractivity (Wildman–Crippen MR) is 93.9 cm³/mol. The van der Waals surface area contributed by atoms with Gasteiger partial charge in [-0.05, 0) is 46.2 Å². The molecule has 0 aliphatic heterocycles. The lowest BCUT2D eigenvalue weighted by Gasteiger charge is -2.21. The molecular formula is C17H24N2O4S. The molecule has 0 bridgehead atoms. The van der Waals surface area contributed by atoms with Crippen LogP contribution in [0.5, 0.6) is 0 Å². The van der Waals surface area contributed by atoms with Crippen molar-refractivity contribution in [2.24, 2.45) is 0 Å². The minimum atomic E-state index is -1.04. The highest BCUT2D eigenvalue weighted by Crippen LogP contribution is 2.21. The third kappa shape index (κ3) is 7.50. The fraction of sp³-hybridized carbons (Fsp3) is 0.471. The second kappa shape index (κ2) is 8.73. The molecule has 0 aliphatic carbocycles. The van der Waals surface area contributed by atoms with Crippen molar-refractivity contribution in [1.82, 2.24) is 10.6 Å². The van der Waals surface area contributed by atoms with Crippen LogP contribution in [0.1, 0.15) is 33.3 Å². The van der Waals surface area contributed by atoms with Gasteiger partial charge in [-0.15, -0.1) is 11.8 Å². The molecule has 0 fully saturated rings. The molecule has 1 aromatic rings. The first-order valence-corrected chi connectivity index (χ1v) is 8.58. The van der Waals surface area contributed by atoms with Gasteiger partial charge in [0.05, 0.1) is 5.75 Å². The van der Waals surface area contributed by atoms with E-state index in [2.05, 4.69) is 10.6 Å². The van der Waals surface area contributed by atoms with Crippen LogP contribution in [0.25, 0.3) is 0 Å². The van der Waals surface area contributed by atoms with Crippen LogP contribution in [0, 0.1) is 6.92 Å². The highest BCUT2D eigenvalue weighted by atomic mass is 32.2. The maximum absolute atomic E-state index is 11.8. The molecule has 0 aliphatic rings. The standard InChI is InChI=1S/C17H24N2O4S/c1-11-8-6-7-9-13(11)24-10-14(20)23-12(2)15(21)18-16(22)19-17(3,4)5/h6-9,12H,10H2,1-5H3,(H2,18,19,21,22)/t12-/m0/s1. The Labute approximate surface area is 146 Å². The molecule has 0 heterocycles. The van der Waals surface area contributed by atoms with Gasteiger partial charge in [0.25, 0.3) is 5.91 Å². The van der Waals surface area contributed by atoms with E-state index in [-0.39, 0.29) is 5.75 Å². The number of hydrogen-bond acceptors (Lipinski definition) is 5. The number of rotatable bonds is 5. The van der Waals surface area contributed by atoms with Crippen LogP contribution in [-0.4, -0.2) is 35.3 Å². The first-order valence-electron chi connectivity index (χ1n) is 7.59. The van der Waals surface area contributed by atoms with E-state index in [1.807, 2.05) is 31.2 Å². The van der Waals surface area contributed by atoms with Gasteiger partial charge in [-0.1, -0.05) is 18.2 Å². The summed E-state index contributed by atoms with van der Waals surface area (Å²) < 4.78 is 5.05. The van der Waals surface area contributed by atoms with Crippen LogP contribution < -0.4 is 10.6 Å². The van der Waals surface area contributed by atoms with Crippen LogP contribution in [-0.2, 0) is 14.3 Å². The van der Waals surface area contributed by atoms with Gasteiger partial charge in [-0.25, -0.2) is 4.79 Å². The number of urea groups is 1. The van der Waals surface area contributed by atoms with E-state index in [0.717, 1.165) is 10.5 Å². The second-order valence-corrected chi connectivity index (χ2v) is 7.40. The van der Waals surface area contributed by atoms with Crippen molar-refractivity contribution in [2.45, 2.75) is 51.2 Å². The number of aryl methyl sites for hydroxylation is 1. The monoisotopic (exact) mass is 352 g/mol. The van der Waals surface area contributed by atoms with Crippen molar-refractivity contribution in [1.29, 1.82) is 0 Å². The third-order valence-corrected chi connectivity index (χ3v) is 3.99. The second-order valence-electron chi connectivity index (χ2n) is 6.38. The lowest BCUT2D eigenvalue weighted by Crippen LogP contribution is -2.50. The quantitative estimate of drug-likeness (QED) is 0.629. The number of esters is 1. The van der Waals surface area contributed by atoms with Crippen molar-refractivity contribution < 1.29 is 19.1 Å². The number of ether oxygens (including phenoxy) is 1. The zero-order valence-electron chi connectivity index (χ0n) is 14.6. The molecule has 0 spiro atoms. The number of benzene rings is 1. The number of imide groups is 1. The molecule has 1 aromatic carbocycles. The predicted octanol–water partition coefficient (Wildman–Crippen LogP) is 2.64. The fourth-order valence-electron chi connectivity index (χ4n) is 1.73. The minimum absolute atomic E-state index is 0.0939. The van der Waals surface area contributed by atoms with E-state index in [0.29, 0.717) is 0 Å². The summed E-state index contributed by atoms with van der Waals surface area (Å²) in [6.07, 6.45) is -1.04. The molecule has 0 saturated carbocycles. The van der Waals surface area contributed by atoms with Gasteiger partial charge in [0, 0.05) is 10.4 Å². The Morgan fingerprint density at radius 3 is 2.42 bits per heavy atom. The van der Waals surface area contributed by atoms with Crippen LogP contribution in [0.15, 0.2) is 29.2 Å². The van der Waals surface area contributed by atoms with Crippen molar-refractivity contribution in [3.05, 3.63) is 29.8 Å². The number of carbonyl (C=O) groups is 3. The number of amides is 3. The lowest BCUT2D eigenvalue weighted by atomic mass is 10.1. The Hall–Kier alpha value is -2.02. The summed E-state index contributed by atoms with van der Waals surface area (Å²) >= 11 is 1.35. The molecule has 3 amide bonds. The molecule has 132 valence electrons. The average Bonchev–Trinajstić information content (AvgIpc) is 2.44. The Morgan fingerprint density at radius 1 is 1.21 bits per heavy atom. The number of thioether (sulfide) groups is 1. The molecule has 0 aromatic heterocycles. The molecule has 0 radical (unpaired) electrons. The maximum atomic E-state index is 11.8. The summed E-state index contributed by atoms with van der Waals surface area (Å²) in [5, 5.41) is 4.75. The molecule has 1 atom stereocenters. The van der Waals surface area contributed by atoms with Crippen LogP contribution in [0.2, 0.25) is 0 Å². The summed E-state index contributed by atoms with van der Waals surface area (Å²) in [5.41, 5.74) is 0.606. The van der Waals surface area contributed by atoms with Crippen molar-refractivity contribution in [3.63, 3.8) is 0 Å². The van der Waals surface area contributed by atoms with E-state index in [1.54, 1.807) is 20.8 Å². The van der Waals surface area contributed by atoms with Crippen molar-refractivity contribution in [2.75, 3.05) is 5.75 Å². The first-order chi connectivity index (χ1) is 11.1. The zero-order chi connectivity index (χ0) is 18.3. The van der Waals surface area contributed by atoms with Crippen molar-refractivity contribution >= 4 is 29.7 Å². The van der Waals surface area contributed by atoms with E-state index in [1.165, 1.54) is 18.7 Å². The summed E-state index contributed by atoms with van der Waals surface area (Å²) in [5.74, 6) is -1.08. The largest absolute Gasteiger partial charge is 0.452 e.